The second kappa shape index (κ2) is 5.21. The smallest absolute Gasteiger partial charge is 0.307 e. The second-order valence-corrected chi connectivity index (χ2v) is 5.54. The number of rotatable bonds is 3. The second-order valence-electron chi connectivity index (χ2n) is 5.54. The molecule has 2 saturated heterocycles. The van der Waals surface area contributed by atoms with Gasteiger partial charge in [0.2, 0.25) is 0 Å². The van der Waals surface area contributed by atoms with Gasteiger partial charge >= 0.3 is 5.97 Å². The maximum atomic E-state index is 11.0. The van der Waals surface area contributed by atoms with Gasteiger partial charge in [-0.25, -0.2) is 0 Å². The molecule has 102 valence electrons. The van der Waals surface area contributed by atoms with Crippen LogP contribution >= 0.6 is 0 Å². The normalized spacial score (nSPS) is 27.9. The lowest BCUT2D eigenvalue weighted by Crippen LogP contribution is -2.36. The number of carboxylic acid groups (broad SMARTS) is 1. The summed E-state index contributed by atoms with van der Waals surface area (Å²) in [6, 6.07) is 11.0. The average Bonchev–Trinajstić information content (AvgIpc) is 3.09. The molecule has 19 heavy (non-hydrogen) atoms. The van der Waals surface area contributed by atoms with Crippen molar-refractivity contribution >= 4 is 11.7 Å². The van der Waals surface area contributed by atoms with Crippen LogP contribution in [-0.4, -0.2) is 48.2 Å². The fraction of sp³-hybridized carbons (Fsp3) is 0.533. The van der Waals surface area contributed by atoms with Crippen molar-refractivity contribution in [2.75, 3.05) is 31.1 Å². The van der Waals surface area contributed by atoms with Crippen molar-refractivity contribution in [2.45, 2.75) is 18.9 Å². The molecule has 1 aromatic carbocycles. The highest BCUT2D eigenvalue weighted by atomic mass is 16.4. The minimum absolute atomic E-state index is 0.161. The summed E-state index contributed by atoms with van der Waals surface area (Å²) in [5, 5.41) is 9.07. The molecule has 0 radical (unpaired) electrons. The molecule has 2 unspecified atom stereocenters. The first-order chi connectivity index (χ1) is 9.24. The lowest BCUT2D eigenvalue weighted by molar-refractivity contribution is -0.141. The summed E-state index contributed by atoms with van der Waals surface area (Å²) in [4.78, 5) is 15.8. The topological polar surface area (TPSA) is 43.8 Å². The molecular weight excluding hydrogens is 240 g/mol. The summed E-state index contributed by atoms with van der Waals surface area (Å²) in [7, 11) is 0. The standard InChI is InChI=1S/C15H20N2O2/c18-15(19)12-6-8-16(10-12)14-7-9-17(11-14)13-4-2-1-3-5-13/h1-5,12,14H,6-11H2,(H,18,19). The first kappa shape index (κ1) is 12.5. The van der Waals surface area contributed by atoms with Crippen LogP contribution in [0.2, 0.25) is 0 Å². The van der Waals surface area contributed by atoms with Gasteiger partial charge in [0.15, 0.2) is 0 Å². The summed E-state index contributed by atoms with van der Waals surface area (Å²) >= 11 is 0. The van der Waals surface area contributed by atoms with Crippen molar-refractivity contribution < 1.29 is 9.90 Å². The Morgan fingerprint density at radius 2 is 1.89 bits per heavy atom. The van der Waals surface area contributed by atoms with E-state index in [9.17, 15) is 4.79 Å². The minimum atomic E-state index is -0.639. The molecule has 0 saturated carbocycles. The van der Waals surface area contributed by atoms with E-state index in [1.165, 1.54) is 5.69 Å². The van der Waals surface area contributed by atoms with E-state index in [1.807, 2.05) is 6.07 Å². The number of para-hydroxylation sites is 1. The van der Waals surface area contributed by atoms with Crippen LogP contribution in [0, 0.1) is 5.92 Å². The monoisotopic (exact) mass is 260 g/mol. The molecule has 0 spiro atoms. The number of aliphatic carboxylic acids is 1. The lowest BCUT2D eigenvalue weighted by atomic mass is 10.1. The van der Waals surface area contributed by atoms with E-state index in [2.05, 4.69) is 34.1 Å². The Bertz CT molecular complexity index is 449. The van der Waals surface area contributed by atoms with E-state index in [-0.39, 0.29) is 5.92 Å². The van der Waals surface area contributed by atoms with Gasteiger partial charge in [0.25, 0.3) is 0 Å². The predicted octanol–water partition coefficient (Wildman–Crippen LogP) is 1.67. The molecule has 0 aliphatic carbocycles. The largest absolute Gasteiger partial charge is 0.481 e. The van der Waals surface area contributed by atoms with Crippen LogP contribution in [0.25, 0.3) is 0 Å². The molecular formula is C15H20N2O2. The third-order valence-electron chi connectivity index (χ3n) is 4.37. The number of nitrogens with zero attached hydrogens (tertiary/aromatic N) is 2. The lowest BCUT2D eigenvalue weighted by Gasteiger charge is -2.24. The number of hydrogen-bond donors (Lipinski definition) is 1. The van der Waals surface area contributed by atoms with Crippen molar-refractivity contribution in [3.63, 3.8) is 0 Å². The summed E-state index contributed by atoms with van der Waals surface area (Å²) in [5.41, 5.74) is 1.28. The Morgan fingerprint density at radius 3 is 2.58 bits per heavy atom. The molecule has 2 atom stereocenters. The van der Waals surface area contributed by atoms with Gasteiger partial charge < -0.3 is 10.0 Å². The molecule has 4 nitrogen and oxygen atoms in total. The van der Waals surface area contributed by atoms with Crippen LogP contribution in [0.15, 0.2) is 30.3 Å². The summed E-state index contributed by atoms with van der Waals surface area (Å²) in [6.45, 7) is 3.76. The molecule has 2 heterocycles. The summed E-state index contributed by atoms with van der Waals surface area (Å²) in [5.74, 6) is -0.800. The van der Waals surface area contributed by atoms with Crippen molar-refractivity contribution in [3.05, 3.63) is 30.3 Å². The van der Waals surface area contributed by atoms with Gasteiger partial charge in [0.1, 0.15) is 0 Å². The van der Waals surface area contributed by atoms with Crippen LogP contribution < -0.4 is 4.90 Å². The van der Waals surface area contributed by atoms with E-state index >= 15 is 0 Å². The van der Waals surface area contributed by atoms with E-state index in [1.54, 1.807) is 0 Å². The van der Waals surface area contributed by atoms with Crippen LogP contribution in [0.5, 0.6) is 0 Å². The van der Waals surface area contributed by atoms with Gasteiger partial charge in [0, 0.05) is 31.4 Å². The van der Waals surface area contributed by atoms with Crippen molar-refractivity contribution in [2.24, 2.45) is 5.92 Å². The quantitative estimate of drug-likeness (QED) is 0.898. The number of anilines is 1. The first-order valence-electron chi connectivity index (χ1n) is 7.01. The number of carbonyl (C=O) groups is 1. The maximum Gasteiger partial charge on any atom is 0.307 e. The van der Waals surface area contributed by atoms with Crippen LogP contribution in [-0.2, 0) is 4.79 Å². The van der Waals surface area contributed by atoms with Gasteiger partial charge in [-0.05, 0) is 31.5 Å². The zero-order valence-corrected chi connectivity index (χ0v) is 11.0. The third-order valence-corrected chi connectivity index (χ3v) is 4.37. The van der Waals surface area contributed by atoms with Crippen LogP contribution in [0.4, 0.5) is 5.69 Å². The molecule has 1 N–H and O–H groups in total. The van der Waals surface area contributed by atoms with Crippen LogP contribution in [0.3, 0.4) is 0 Å². The molecule has 2 aliphatic rings. The van der Waals surface area contributed by atoms with Crippen molar-refractivity contribution in [1.82, 2.24) is 4.90 Å². The maximum absolute atomic E-state index is 11.0. The summed E-state index contributed by atoms with van der Waals surface area (Å²) in [6.07, 6.45) is 1.94. The van der Waals surface area contributed by atoms with Crippen LogP contribution in [0.1, 0.15) is 12.8 Å². The molecule has 2 fully saturated rings. The van der Waals surface area contributed by atoms with E-state index in [0.29, 0.717) is 6.04 Å². The summed E-state index contributed by atoms with van der Waals surface area (Å²) < 4.78 is 0. The van der Waals surface area contributed by atoms with E-state index < -0.39 is 5.97 Å². The SMILES string of the molecule is O=C(O)C1CCN(C2CCN(c3ccccc3)C2)C1. The van der Waals surface area contributed by atoms with Crippen molar-refractivity contribution in [1.29, 1.82) is 0 Å². The van der Waals surface area contributed by atoms with Gasteiger partial charge in [-0.15, -0.1) is 0 Å². The average molecular weight is 260 g/mol. The zero-order chi connectivity index (χ0) is 13.2. The molecule has 0 amide bonds. The molecule has 0 aromatic heterocycles. The predicted molar refractivity (Wildman–Crippen MR) is 74.4 cm³/mol. The number of benzene rings is 1. The van der Waals surface area contributed by atoms with Crippen molar-refractivity contribution in [3.8, 4) is 0 Å². The molecule has 1 aromatic rings. The number of hydrogen-bond acceptors (Lipinski definition) is 3. The number of carboxylic acids is 1. The minimum Gasteiger partial charge on any atom is -0.481 e. The molecule has 3 rings (SSSR count). The highest BCUT2D eigenvalue weighted by molar-refractivity contribution is 5.70. The highest BCUT2D eigenvalue weighted by Gasteiger charge is 2.35. The first-order valence-corrected chi connectivity index (χ1v) is 7.01. The Morgan fingerprint density at radius 1 is 1.11 bits per heavy atom. The molecule has 0 bridgehead atoms. The van der Waals surface area contributed by atoms with E-state index in [4.69, 9.17) is 5.11 Å². The molecule has 2 aliphatic heterocycles. The Labute approximate surface area is 113 Å². The van der Waals surface area contributed by atoms with Gasteiger partial charge in [-0.2, -0.15) is 0 Å². The fourth-order valence-electron chi connectivity index (χ4n) is 3.23. The number of likely N-dealkylation sites (tertiary alicyclic amines) is 1. The molecule has 4 heteroatoms. The zero-order valence-electron chi connectivity index (χ0n) is 11.0. The fourth-order valence-corrected chi connectivity index (χ4v) is 3.23. The van der Waals surface area contributed by atoms with Gasteiger partial charge in [0.05, 0.1) is 5.92 Å². The third kappa shape index (κ3) is 2.59. The Kier molecular flexibility index (Phi) is 3.42. The van der Waals surface area contributed by atoms with Gasteiger partial charge in [-0.3, -0.25) is 9.69 Å². The van der Waals surface area contributed by atoms with E-state index in [0.717, 1.165) is 39.0 Å². The Hall–Kier alpha value is -1.55. The van der Waals surface area contributed by atoms with Gasteiger partial charge in [-0.1, -0.05) is 18.2 Å². The highest BCUT2D eigenvalue weighted by Crippen LogP contribution is 2.26. The Balaban J connectivity index is 1.59.